The molecule has 1 heterocycles. The van der Waals surface area contributed by atoms with Crippen LogP contribution in [0.25, 0.3) is 0 Å². The van der Waals surface area contributed by atoms with Gasteiger partial charge in [0, 0.05) is 19.3 Å². The lowest BCUT2D eigenvalue weighted by Crippen LogP contribution is -2.24. The fraction of sp³-hybridized carbons (Fsp3) is 0.500. The fourth-order valence-electron chi connectivity index (χ4n) is 1.64. The number of terminal acetylenes is 1. The van der Waals surface area contributed by atoms with Crippen LogP contribution in [0.3, 0.4) is 0 Å². The minimum absolute atomic E-state index is 0.562. The van der Waals surface area contributed by atoms with Gasteiger partial charge in [-0.05, 0) is 31.5 Å². The predicted molar refractivity (Wildman–Crippen MR) is 78.0 cm³/mol. The van der Waals surface area contributed by atoms with Crippen molar-refractivity contribution < 1.29 is 0 Å². The summed E-state index contributed by atoms with van der Waals surface area (Å²) in [7, 11) is 0. The van der Waals surface area contributed by atoms with Crippen molar-refractivity contribution in [2.24, 2.45) is 0 Å². The van der Waals surface area contributed by atoms with Crippen molar-refractivity contribution in [1.82, 2.24) is 10.3 Å². The number of aromatic nitrogens is 1. The summed E-state index contributed by atoms with van der Waals surface area (Å²) in [4.78, 5) is 6.37. The second-order valence-corrected chi connectivity index (χ2v) is 4.44. The highest BCUT2D eigenvalue weighted by Gasteiger charge is 2.08. The minimum atomic E-state index is 0.562. The molecule has 0 bridgehead atoms. The van der Waals surface area contributed by atoms with Crippen LogP contribution in [0.2, 0.25) is 5.02 Å². The maximum Gasteiger partial charge on any atom is 0.129 e. The molecule has 0 saturated carbocycles. The van der Waals surface area contributed by atoms with E-state index < -0.39 is 0 Å². The van der Waals surface area contributed by atoms with Crippen LogP contribution in [0.4, 0.5) is 5.82 Å². The first kappa shape index (κ1) is 14.8. The molecule has 0 spiro atoms. The largest absolute Gasteiger partial charge is 0.346 e. The van der Waals surface area contributed by atoms with Crippen LogP contribution in [-0.2, 0) is 6.54 Å². The number of hydrogen-bond acceptors (Lipinski definition) is 3. The van der Waals surface area contributed by atoms with Gasteiger partial charge in [-0.2, -0.15) is 0 Å². The lowest BCUT2D eigenvalue weighted by Gasteiger charge is -2.20. The molecule has 0 amide bonds. The number of rotatable bonds is 7. The highest BCUT2D eigenvalue weighted by atomic mass is 35.5. The first-order valence-corrected chi connectivity index (χ1v) is 6.64. The van der Waals surface area contributed by atoms with E-state index in [4.69, 9.17) is 18.0 Å². The van der Waals surface area contributed by atoms with E-state index in [0.29, 0.717) is 11.6 Å². The van der Waals surface area contributed by atoms with E-state index in [1.807, 2.05) is 11.0 Å². The molecular formula is C14H20ClN3. The lowest BCUT2D eigenvalue weighted by molar-refractivity contribution is 0.674. The third-order valence-electron chi connectivity index (χ3n) is 2.65. The van der Waals surface area contributed by atoms with Crippen LogP contribution in [-0.4, -0.2) is 24.6 Å². The molecule has 1 N–H and O–H groups in total. The van der Waals surface area contributed by atoms with Gasteiger partial charge in [0.2, 0.25) is 0 Å². The van der Waals surface area contributed by atoms with Crippen LogP contribution in [0.5, 0.6) is 0 Å². The molecule has 4 heteroatoms. The van der Waals surface area contributed by atoms with E-state index in [1.54, 1.807) is 6.20 Å². The van der Waals surface area contributed by atoms with Gasteiger partial charge in [0.25, 0.3) is 0 Å². The van der Waals surface area contributed by atoms with Gasteiger partial charge in [0.15, 0.2) is 0 Å². The summed E-state index contributed by atoms with van der Waals surface area (Å²) in [5, 5.41) is 4.03. The molecule has 0 aliphatic rings. The number of nitrogens with one attached hydrogen (secondary N) is 1. The Bertz CT molecular complexity index is 412. The lowest BCUT2D eigenvalue weighted by atomic mass is 10.2. The molecule has 0 radical (unpaired) electrons. The molecular weight excluding hydrogens is 246 g/mol. The Morgan fingerprint density at radius 1 is 1.50 bits per heavy atom. The zero-order valence-corrected chi connectivity index (χ0v) is 11.8. The minimum Gasteiger partial charge on any atom is -0.346 e. The van der Waals surface area contributed by atoms with Crippen molar-refractivity contribution in [3.05, 3.63) is 22.8 Å². The third kappa shape index (κ3) is 4.21. The summed E-state index contributed by atoms with van der Waals surface area (Å²) in [6, 6.07) is 2.01. The van der Waals surface area contributed by atoms with E-state index in [9.17, 15) is 0 Å². The maximum atomic E-state index is 6.14. The molecule has 3 nitrogen and oxygen atoms in total. The summed E-state index contributed by atoms with van der Waals surface area (Å²) < 4.78 is 0. The standard InChI is InChI=1S/C14H20ClN3/c1-4-7-16-10-12-9-14(17-11-13(12)15)18(6-3)8-5-2/h2,9,11,16H,4,6-8,10H2,1,3H3. The summed E-state index contributed by atoms with van der Waals surface area (Å²) >= 11 is 6.14. The molecule has 0 unspecified atom stereocenters. The van der Waals surface area contributed by atoms with Crippen molar-refractivity contribution in [3.63, 3.8) is 0 Å². The molecule has 18 heavy (non-hydrogen) atoms. The van der Waals surface area contributed by atoms with Gasteiger partial charge in [-0.25, -0.2) is 4.98 Å². The molecule has 0 aromatic carbocycles. The van der Waals surface area contributed by atoms with Crippen LogP contribution in [0, 0.1) is 12.3 Å². The second-order valence-electron chi connectivity index (χ2n) is 4.03. The Hall–Kier alpha value is -1.24. The number of anilines is 1. The normalized spacial score (nSPS) is 10.1. The molecule has 0 atom stereocenters. The van der Waals surface area contributed by atoms with Gasteiger partial charge in [0.05, 0.1) is 11.6 Å². The molecule has 0 aliphatic carbocycles. The van der Waals surface area contributed by atoms with E-state index in [1.165, 1.54) is 0 Å². The highest BCUT2D eigenvalue weighted by molar-refractivity contribution is 6.31. The molecule has 1 aromatic heterocycles. The monoisotopic (exact) mass is 265 g/mol. The molecule has 98 valence electrons. The van der Waals surface area contributed by atoms with Crippen LogP contribution >= 0.6 is 11.6 Å². The fourth-order valence-corrected chi connectivity index (χ4v) is 1.81. The Labute approximate surface area is 115 Å². The summed E-state index contributed by atoms with van der Waals surface area (Å²) in [5.74, 6) is 3.52. The molecule has 1 rings (SSSR count). The van der Waals surface area contributed by atoms with Crippen molar-refractivity contribution in [1.29, 1.82) is 0 Å². The Morgan fingerprint density at radius 3 is 2.89 bits per heavy atom. The van der Waals surface area contributed by atoms with Crippen LogP contribution in [0.1, 0.15) is 25.8 Å². The van der Waals surface area contributed by atoms with Crippen LogP contribution in [0.15, 0.2) is 12.3 Å². The van der Waals surface area contributed by atoms with Gasteiger partial charge in [-0.3, -0.25) is 0 Å². The summed E-state index contributed by atoms with van der Waals surface area (Å²) in [6.07, 6.45) is 8.15. The number of halogens is 1. The molecule has 0 aliphatic heterocycles. The first-order chi connectivity index (χ1) is 8.72. The zero-order chi connectivity index (χ0) is 13.4. The first-order valence-electron chi connectivity index (χ1n) is 6.26. The SMILES string of the molecule is C#CCN(CC)c1cc(CNCCC)c(Cl)cn1. The molecule has 0 fully saturated rings. The maximum absolute atomic E-state index is 6.14. The van der Waals surface area contributed by atoms with E-state index in [0.717, 1.165) is 37.4 Å². The summed E-state index contributed by atoms with van der Waals surface area (Å²) in [5.41, 5.74) is 1.06. The van der Waals surface area contributed by atoms with Crippen molar-refractivity contribution in [3.8, 4) is 12.3 Å². The highest BCUT2D eigenvalue weighted by Crippen LogP contribution is 2.20. The molecule has 1 aromatic rings. The van der Waals surface area contributed by atoms with Crippen LogP contribution < -0.4 is 10.2 Å². The Kier molecular flexibility index (Phi) is 6.56. The number of nitrogens with zero attached hydrogens (tertiary/aromatic N) is 2. The van der Waals surface area contributed by atoms with E-state index >= 15 is 0 Å². The predicted octanol–water partition coefficient (Wildman–Crippen LogP) is 2.69. The van der Waals surface area contributed by atoms with Crippen molar-refractivity contribution >= 4 is 17.4 Å². The van der Waals surface area contributed by atoms with Gasteiger partial charge in [-0.15, -0.1) is 6.42 Å². The van der Waals surface area contributed by atoms with Gasteiger partial charge >= 0.3 is 0 Å². The van der Waals surface area contributed by atoms with E-state index in [-0.39, 0.29) is 0 Å². The average Bonchev–Trinajstić information content (AvgIpc) is 2.38. The Balaban J connectivity index is 2.82. The smallest absolute Gasteiger partial charge is 0.129 e. The number of pyridine rings is 1. The third-order valence-corrected chi connectivity index (χ3v) is 2.99. The average molecular weight is 266 g/mol. The van der Waals surface area contributed by atoms with Crippen molar-refractivity contribution in [2.45, 2.75) is 26.8 Å². The van der Waals surface area contributed by atoms with Crippen molar-refractivity contribution in [2.75, 3.05) is 24.5 Å². The Morgan fingerprint density at radius 2 is 2.28 bits per heavy atom. The summed E-state index contributed by atoms with van der Waals surface area (Å²) in [6.45, 7) is 7.33. The second kappa shape index (κ2) is 7.97. The quantitative estimate of drug-likeness (QED) is 0.607. The topological polar surface area (TPSA) is 28.2 Å². The van der Waals surface area contributed by atoms with E-state index in [2.05, 4.69) is 30.1 Å². The number of hydrogen-bond donors (Lipinski definition) is 1. The van der Waals surface area contributed by atoms with Gasteiger partial charge in [0.1, 0.15) is 5.82 Å². The zero-order valence-electron chi connectivity index (χ0n) is 11.0. The van der Waals surface area contributed by atoms with Gasteiger partial charge < -0.3 is 10.2 Å². The van der Waals surface area contributed by atoms with Gasteiger partial charge in [-0.1, -0.05) is 24.4 Å². The molecule has 0 saturated heterocycles.